The molecule has 162 valence electrons. The Labute approximate surface area is 185 Å². The molecule has 1 aliphatic heterocycles. The number of anilines is 2. The molecule has 3 amide bonds. The highest BCUT2D eigenvalue weighted by Crippen LogP contribution is 2.32. The number of nitrogens with zero attached hydrogens (tertiary/aromatic N) is 5. The first kappa shape index (κ1) is 21.1. The quantitative estimate of drug-likeness (QED) is 0.648. The lowest BCUT2D eigenvalue weighted by Crippen LogP contribution is -2.45. The minimum Gasteiger partial charge on any atom is -0.368 e. The van der Waals surface area contributed by atoms with Gasteiger partial charge >= 0.3 is 6.03 Å². The number of carbonyl (C=O) groups is 2. The van der Waals surface area contributed by atoms with E-state index in [9.17, 15) is 9.59 Å². The fourth-order valence-electron chi connectivity index (χ4n) is 3.82. The molecule has 3 heterocycles. The fraction of sp³-hybridized carbons (Fsp3) is 0.333. The number of imide groups is 1. The van der Waals surface area contributed by atoms with Crippen molar-refractivity contribution in [2.75, 3.05) is 43.4 Å². The van der Waals surface area contributed by atoms with Gasteiger partial charge in [0.15, 0.2) is 5.65 Å². The van der Waals surface area contributed by atoms with Crippen LogP contribution in [0, 0.1) is 6.92 Å². The number of urea groups is 1. The molecule has 2 aromatic heterocycles. The van der Waals surface area contributed by atoms with Gasteiger partial charge in [-0.3, -0.25) is 14.8 Å². The number of rotatable bonds is 3. The summed E-state index contributed by atoms with van der Waals surface area (Å²) in [4.78, 5) is 34.4. The van der Waals surface area contributed by atoms with Crippen molar-refractivity contribution in [3.63, 3.8) is 0 Å². The Bertz CT molecular complexity index is 1150. The summed E-state index contributed by atoms with van der Waals surface area (Å²) < 4.78 is 1.71. The summed E-state index contributed by atoms with van der Waals surface area (Å²) in [7, 11) is 3.90. The number of benzene rings is 1. The van der Waals surface area contributed by atoms with Gasteiger partial charge < -0.3 is 15.1 Å². The van der Waals surface area contributed by atoms with E-state index in [1.54, 1.807) is 28.9 Å². The molecule has 1 saturated heterocycles. The van der Waals surface area contributed by atoms with Crippen LogP contribution in [0.4, 0.5) is 16.2 Å². The molecule has 0 bridgehead atoms. The molecule has 0 unspecified atom stereocenters. The van der Waals surface area contributed by atoms with Crippen molar-refractivity contribution < 1.29 is 9.59 Å². The third kappa shape index (κ3) is 4.33. The first-order chi connectivity index (χ1) is 14.8. The van der Waals surface area contributed by atoms with E-state index in [0.717, 1.165) is 42.9 Å². The number of piperazine rings is 1. The summed E-state index contributed by atoms with van der Waals surface area (Å²) in [5.74, 6) is -0.522. The second-order valence-corrected chi connectivity index (χ2v) is 8.07. The molecular formula is C21H24ClN7O2. The van der Waals surface area contributed by atoms with Crippen molar-refractivity contribution in [3.8, 4) is 0 Å². The van der Waals surface area contributed by atoms with Gasteiger partial charge in [0, 0.05) is 50.1 Å². The number of nitrogens with one attached hydrogen (secondary N) is 2. The first-order valence-electron chi connectivity index (χ1n) is 9.97. The zero-order chi connectivity index (χ0) is 22.1. The SMILES string of the molecule is Cc1nn(C)c2ncc(C(=O)NC(=O)Nc3cccc(Cl)c3)c(N3CCN(C)CC3)c12. The monoisotopic (exact) mass is 441 g/mol. The van der Waals surface area contributed by atoms with E-state index in [-0.39, 0.29) is 0 Å². The topological polar surface area (TPSA) is 95.4 Å². The summed E-state index contributed by atoms with van der Waals surface area (Å²) in [6.45, 7) is 5.17. The average Bonchev–Trinajstić information content (AvgIpc) is 3.01. The lowest BCUT2D eigenvalue weighted by molar-refractivity contribution is 0.0967. The number of aryl methyl sites for hydroxylation is 2. The molecule has 0 radical (unpaired) electrons. The Morgan fingerprint density at radius 1 is 1.13 bits per heavy atom. The highest BCUT2D eigenvalue weighted by molar-refractivity contribution is 6.31. The van der Waals surface area contributed by atoms with Crippen molar-refractivity contribution >= 4 is 45.9 Å². The highest BCUT2D eigenvalue weighted by atomic mass is 35.5. The van der Waals surface area contributed by atoms with Gasteiger partial charge in [-0.15, -0.1) is 0 Å². The molecule has 3 aromatic rings. The summed E-state index contributed by atoms with van der Waals surface area (Å²) in [5, 5.41) is 10.8. The number of hydrogen-bond acceptors (Lipinski definition) is 6. The van der Waals surface area contributed by atoms with Crippen LogP contribution >= 0.6 is 11.6 Å². The zero-order valence-corrected chi connectivity index (χ0v) is 18.4. The molecule has 1 fully saturated rings. The minimum absolute atomic E-state index is 0.342. The maximum absolute atomic E-state index is 13.1. The van der Waals surface area contributed by atoms with E-state index in [4.69, 9.17) is 11.6 Å². The molecule has 2 N–H and O–H groups in total. The number of hydrogen-bond donors (Lipinski definition) is 2. The van der Waals surface area contributed by atoms with Crippen LogP contribution in [0.5, 0.6) is 0 Å². The molecule has 0 saturated carbocycles. The summed E-state index contributed by atoms with van der Waals surface area (Å²) in [6.07, 6.45) is 1.51. The zero-order valence-electron chi connectivity index (χ0n) is 17.6. The lowest BCUT2D eigenvalue weighted by atomic mass is 10.1. The van der Waals surface area contributed by atoms with Crippen molar-refractivity contribution in [1.82, 2.24) is 25.0 Å². The molecule has 0 spiro atoms. The van der Waals surface area contributed by atoms with Crippen LogP contribution in [-0.4, -0.2) is 64.8 Å². The van der Waals surface area contributed by atoms with Crippen LogP contribution in [0.25, 0.3) is 11.0 Å². The van der Waals surface area contributed by atoms with Crippen LogP contribution in [0.3, 0.4) is 0 Å². The van der Waals surface area contributed by atoms with Crippen LogP contribution in [-0.2, 0) is 7.05 Å². The van der Waals surface area contributed by atoms with Gasteiger partial charge in [0.25, 0.3) is 5.91 Å². The van der Waals surface area contributed by atoms with Crippen LogP contribution in [0.1, 0.15) is 16.1 Å². The first-order valence-corrected chi connectivity index (χ1v) is 10.3. The van der Waals surface area contributed by atoms with E-state index in [1.807, 2.05) is 14.0 Å². The molecule has 10 heteroatoms. The Kier molecular flexibility index (Phi) is 5.79. The van der Waals surface area contributed by atoms with Crippen molar-refractivity contribution in [2.24, 2.45) is 7.05 Å². The smallest absolute Gasteiger partial charge is 0.326 e. The Balaban J connectivity index is 1.66. The maximum atomic E-state index is 13.1. The Hall–Kier alpha value is -3.17. The van der Waals surface area contributed by atoms with Crippen LogP contribution < -0.4 is 15.5 Å². The van der Waals surface area contributed by atoms with Gasteiger partial charge in [0.2, 0.25) is 0 Å². The Morgan fingerprint density at radius 2 is 1.87 bits per heavy atom. The van der Waals surface area contributed by atoms with Gasteiger partial charge in [0.05, 0.1) is 22.3 Å². The molecule has 0 atom stereocenters. The molecule has 31 heavy (non-hydrogen) atoms. The fourth-order valence-corrected chi connectivity index (χ4v) is 4.01. The second kappa shape index (κ2) is 8.52. The summed E-state index contributed by atoms with van der Waals surface area (Å²) in [6, 6.07) is 6.08. The van der Waals surface area contributed by atoms with Crippen LogP contribution in [0.2, 0.25) is 5.02 Å². The summed E-state index contributed by atoms with van der Waals surface area (Å²) in [5.41, 5.74) is 3.09. The molecule has 1 aliphatic rings. The normalized spacial score (nSPS) is 14.6. The minimum atomic E-state index is -0.639. The standard InChI is InChI=1S/C21H24ClN7O2/c1-13-17-18(29-9-7-27(2)8-10-29)16(12-23-19(17)28(3)26-13)20(30)25-21(31)24-15-6-4-5-14(22)11-15/h4-6,11-12H,7-10H2,1-3H3,(H2,24,25,30,31). The average molecular weight is 442 g/mol. The number of halogens is 1. The molecule has 4 rings (SSSR count). The number of aromatic nitrogens is 3. The van der Waals surface area contributed by atoms with E-state index in [2.05, 4.69) is 37.6 Å². The number of fused-ring (bicyclic) bond motifs is 1. The molecule has 0 aliphatic carbocycles. The van der Waals surface area contributed by atoms with E-state index in [1.165, 1.54) is 6.20 Å². The van der Waals surface area contributed by atoms with E-state index < -0.39 is 11.9 Å². The number of pyridine rings is 1. The Morgan fingerprint density at radius 3 is 2.58 bits per heavy atom. The molecule has 1 aromatic carbocycles. The largest absolute Gasteiger partial charge is 0.368 e. The highest BCUT2D eigenvalue weighted by Gasteiger charge is 2.26. The lowest BCUT2D eigenvalue weighted by Gasteiger charge is -2.35. The molecular weight excluding hydrogens is 418 g/mol. The van der Waals surface area contributed by atoms with Gasteiger partial charge in [-0.05, 0) is 32.2 Å². The van der Waals surface area contributed by atoms with Crippen molar-refractivity contribution in [1.29, 1.82) is 0 Å². The number of amides is 3. The van der Waals surface area contributed by atoms with Crippen molar-refractivity contribution in [3.05, 3.63) is 46.7 Å². The van der Waals surface area contributed by atoms with Crippen LogP contribution in [0.15, 0.2) is 30.5 Å². The predicted octanol–water partition coefficient (Wildman–Crippen LogP) is 2.64. The number of likely N-dealkylation sites (N-methyl/N-ethyl adjacent to an activating group) is 1. The van der Waals surface area contributed by atoms with Gasteiger partial charge in [-0.2, -0.15) is 5.10 Å². The van der Waals surface area contributed by atoms with Gasteiger partial charge in [-0.1, -0.05) is 17.7 Å². The summed E-state index contributed by atoms with van der Waals surface area (Å²) >= 11 is 5.96. The van der Waals surface area contributed by atoms with Gasteiger partial charge in [0.1, 0.15) is 0 Å². The van der Waals surface area contributed by atoms with Gasteiger partial charge in [-0.25, -0.2) is 9.78 Å². The third-order valence-electron chi connectivity index (χ3n) is 5.37. The number of carbonyl (C=O) groups excluding carboxylic acids is 2. The maximum Gasteiger partial charge on any atom is 0.326 e. The van der Waals surface area contributed by atoms with E-state index in [0.29, 0.717) is 21.9 Å². The second-order valence-electron chi connectivity index (χ2n) is 7.64. The van der Waals surface area contributed by atoms with Crippen molar-refractivity contribution in [2.45, 2.75) is 6.92 Å². The predicted molar refractivity (Wildman–Crippen MR) is 121 cm³/mol. The van der Waals surface area contributed by atoms with E-state index >= 15 is 0 Å². The third-order valence-corrected chi connectivity index (χ3v) is 5.61. The molecule has 9 nitrogen and oxygen atoms in total.